The van der Waals surface area contributed by atoms with E-state index in [1.165, 1.54) is 24.3 Å². The average molecular weight is 318 g/mol. The maximum Gasteiger partial charge on any atom is 0.339 e. The predicted octanol–water partition coefficient (Wildman–Crippen LogP) is 3.11. The van der Waals surface area contributed by atoms with Crippen LogP contribution < -0.4 is 10.5 Å². The second kappa shape index (κ2) is 7.33. The number of hydroxylamine groups is 2. The number of carbonyl (C=O) groups excluding carboxylic acids is 1. The van der Waals surface area contributed by atoms with Crippen LogP contribution in [0.1, 0.15) is 19.1 Å². The van der Waals surface area contributed by atoms with Gasteiger partial charge in [-0.2, -0.15) is 5.06 Å². The maximum atomic E-state index is 12.8. The SMILES string of the molecule is CCC(C#Cc1ccc(Oc2ccc(F)cc2)o1)N(O)C(N)=O. The summed E-state index contributed by atoms with van der Waals surface area (Å²) in [5.74, 6) is 5.89. The Morgan fingerprint density at radius 2 is 2.09 bits per heavy atom. The Kier molecular flexibility index (Phi) is 5.23. The highest BCUT2D eigenvalue weighted by atomic mass is 19.1. The van der Waals surface area contributed by atoms with E-state index in [-0.39, 0.29) is 11.8 Å². The molecule has 0 saturated carbocycles. The number of nitrogens with two attached hydrogens (primary N) is 1. The highest BCUT2D eigenvalue weighted by Gasteiger charge is 2.15. The van der Waals surface area contributed by atoms with Gasteiger partial charge in [0.2, 0.25) is 0 Å². The molecule has 0 spiro atoms. The molecule has 0 aliphatic heterocycles. The van der Waals surface area contributed by atoms with Crippen molar-refractivity contribution in [2.75, 3.05) is 0 Å². The Balaban J connectivity index is 2.06. The molecule has 0 aliphatic rings. The molecule has 120 valence electrons. The van der Waals surface area contributed by atoms with Crippen LogP contribution in [0, 0.1) is 17.7 Å². The molecule has 1 atom stereocenters. The molecule has 0 fully saturated rings. The third kappa shape index (κ3) is 4.49. The monoisotopic (exact) mass is 318 g/mol. The molecule has 7 heteroatoms. The highest BCUT2D eigenvalue weighted by Crippen LogP contribution is 2.23. The van der Waals surface area contributed by atoms with Crippen molar-refractivity contribution in [1.82, 2.24) is 5.06 Å². The number of rotatable bonds is 4. The lowest BCUT2D eigenvalue weighted by molar-refractivity contribution is -0.0591. The van der Waals surface area contributed by atoms with Gasteiger partial charge in [-0.25, -0.2) is 9.18 Å². The first-order chi connectivity index (χ1) is 11.0. The van der Waals surface area contributed by atoms with Crippen molar-refractivity contribution in [3.05, 3.63) is 48.0 Å². The number of amides is 2. The van der Waals surface area contributed by atoms with Crippen LogP contribution in [-0.2, 0) is 0 Å². The van der Waals surface area contributed by atoms with Crippen molar-refractivity contribution in [2.45, 2.75) is 19.4 Å². The fraction of sp³-hybridized carbons (Fsp3) is 0.188. The van der Waals surface area contributed by atoms with Crippen LogP contribution in [-0.4, -0.2) is 22.3 Å². The van der Waals surface area contributed by atoms with Crippen LogP contribution in [0.5, 0.6) is 11.7 Å². The van der Waals surface area contributed by atoms with E-state index in [9.17, 15) is 14.4 Å². The minimum absolute atomic E-state index is 0.185. The van der Waals surface area contributed by atoms with Gasteiger partial charge >= 0.3 is 6.03 Å². The fourth-order valence-corrected chi connectivity index (χ4v) is 1.71. The molecule has 1 heterocycles. The molecule has 2 aromatic rings. The summed E-state index contributed by atoms with van der Waals surface area (Å²) in [6.07, 6.45) is 0.395. The van der Waals surface area contributed by atoms with Gasteiger partial charge in [0, 0.05) is 6.07 Å². The zero-order valence-corrected chi connectivity index (χ0v) is 12.3. The van der Waals surface area contributed by atoms with E-state index in [1.807, 2.05) is 0 Å². The van der Waals surface area contributed by atoms with Crippen LogP contribution in [0.2, 0.25) is 0 Å². The molecule has 0 radical (unpaired) electrons. The van der Waals surface area contributed by atoms with Crippen molar-refractivity contribution >= 4 is 6.03 Å². The zero-order valence-electron chi connectivity index (χ0n) is 12.3. The number of primary amides is 1. The third-order valence-electron chi connectivity index (χ3n) is 2.88. The van der Waals surface area contributed by atoms with E-state index in [0.717, 1.165) is 0 Å². The number of urea groups is 1. The van der Waals surface area contributed by atoms with Crippen LogP contribution in [0.3, 0.4) is 0 Å². The highest BCUT2D eigenvalue weighted by molar-refractivity contribution is 5.71. The predicted molar refractivity (Wildman–Crippen MR) is 79.3 cm³/mol. The summed E-state index contributed by atoms with van der Waals surface area (Å²) < 4.78 is 23.6. The molecule has 1 aromatic heterocycles. The summed E-state index contributed by atoms with van der Waals surface area (Å²) >= 11 is 0. The van der Waals surface area contributed by atoms with Crippen molar-refractivity contribution in [1.29, 1.82) is 0 Å². The molecule has 0 saturated heterocycles. The number of ether oxygens (including phenoxy) is 1. The van der Waals surface area contributed by atoms with E-state index in [1.54, 1.807) is 19.1 Å². The van der Waals surface area contributed by atoms with E-state index >= 15 is 0 Å². The summed E-state index contributed by atoms with van der Waals surface area (Å²) in [6.45, 7) is 1.75. The van der Waals surface area contributed by atoms with Gasteiger partial charge < -0.3 is 14.9 Å². The van der Waals surface area contributed by atoms with Gasteiger partial charge in [-0.15, -0.1) is 0 Å². The van der Waals surface area contributed by atoms with E-state index in [2.05, 4.69) is 11.8 Å². The summed E-state index contributed by atoms with van der Waals surface area (Å²) in [6, 6.07) is 6.88. The Labute approximate surface area is 132 Å². The third-order valence-corrected chi connectivity index (χ3v) is 2.88. The van der Waals surface area contributed by atoms with Gasteiger partial charge in [0.15, 0.2) is 5.76 Å². The van der Waals surface area contributed by atoms with Crippen molar-refractivity contribution < 1.29 is 23.5 Å². The molecule has 2 rings (SSSR count). The topological polar surface area (TPSA) is 88.9 Å². The minimum Gasteiger partial charge on any atom is -0.426 e. The van der Waals surface area contributed by atoms with Crippen LogP contribution in [0.4, 0.5) is 9.18 Å². The largest absolute Gasteiger partial charge is 0.426 e. The Hall–Kier alpha value is -2.98. The van der Waals surface area contributed by atoms with Gasteiger partial charge in [0.1, 0.15) is 17.6 Å². The minimum atomic E-state index is -0.981. The normalized spacial score (nSPS) is 11.3. The number of furan rings is 1. The smallest absolute Gasteiger partial charge is 0.339 e. The number of hydrogen-bond acceptors (Lipinski definition) is 4. The fourth-order valence-electron chi connectivity index (χ4n) is 1.71. The Morgan fingerprint density at radius 1 is 1.39 bits per heavy atom. The van der Waals surface area contributed by atoms with Crippen molar-refractivity contribution in [3.63, 3.8) is 0 Å². The Morgan fingerprint density at radius 3 is 2.70 bits per heavy atom. The number of hydrogen-bond donors (Lipinski definition) is 2. The van der Waals surface area contributed by atoms with E-state index in [0.29, 0.717) is 23.0 Å². The molecule has 1 unspecified atom stereocenters. The molecule has 23 heavy (non-hydrogen) atoms. The van der Waals surface area contributed by atoms with Crippen LogP contribution in [0.15, 0.2) is 40.8 Å². The maximum absolute atomic E-state index is 12.8. The number of nitrogens with zero attached hydrogens (tertiary/aromatic N) is 1. The molecule has 6 nitrogen and oxygen atoms in total. The Bertz CT molecular complexity index is 731. The quantitative estimate of drug-likeness (QED) is 0.515. The van der Waals surface area contributed by atoms with E-state index < -0.39 is 12.1 Å². The van der Waals surface area contributed by atoms with Crippen molar-refractivity contribution in [2.24, 2.45) is 5.73 Å². The lowest BCUT2D eigenvalue weighted by Crippen LogP contribution is -2.40. The molecule has 0 aliphatic carbocycles. The van der Waals surface area contributed by atoms with Gasteiger partial charge in [-0.05, 0) is 42.7 Å². The molecule has 3 N–H and O–H groups in total. The molecular formula is C16H15FN2O4. The number of benzene rings is 1. The lowest BCUT2D eigenvalue weighted by Gasteiger charge is -2.17. The summed E-state index contributed by atoms with van der Waals surface area (Å²) in [7, 11) is 0. The number of carbonyl (C=O) groups is 1. The number of halogens is 1. The van der Waals surface area contributed by atoms with Gasteiger partial charge in [0.05, 0.1) is 0 Å². The molecule has 2 amide bonds. The first-order valence-corrected chi connectivity index (χ1v) is 6.82. The second-order valence-electron chi connectivity index (χ2n) is 4.55. The summed E-state index contributed by atoms with van der Waals surface area (Å²) in [4.78, 5) is 10.9. The standard InChI is InChI=1S/C16H15FN2O4/c1-2-12(19(21)16(18)20)5-8-14-9-10-15(23-14)22-13-6-3-11(17)4-7-13/h3-4,6-7,9-10,12,21H,2H2,1H3,(H2,18,20). The first-order valence-electron chi connectivity index (χ1n) is 6.82. The summed E-state index contributed by atoms with van der Waals surface area (Å²) in [5, 5.41) is 9.82. The van der Waals surface area contributed by atoms with Gasteiger partial charge in [0.25, 0.3) is 5.95 Å². The lowest BCUT2D eigenvalue weighted by atomic mass is 10.2. The van der Waals surface area contributed by atoms with Crippen LogP contribution in [0.25, 0.3) is 0 Å². The van der Waals surface area contributed by atoms with Crippen LogP contribution >= 0.6 is 0 Å². The average Bonchev–Trinajstić information content (AvgIpc) is 2.97. The second-order valence-corrected chi connectivity index (χ2v) is 4.55. The zero-order chi connectivity index (χ0) is 16.8. The van der Waals surface area contributed by atoms with Gasteiger partial charge in [-0.1, -0.05) is 12.8 Å². The summed E-state index contributed by atoms with van der Waals surface area (Å²) in [5.41, 5.74) is 4.98. The van der Waals surface area contributed by atoms with Gasteiger partial charge in [-0.3, -0.25) is 5.21 Å². The van der Waals surface area contributed by atoms with Crippen molar-refractivity contribution in [3.8, 4) is 23.5 Å². The molecular weight excluding hydrogens is 303 g/mol. The first kappa shape index (κ1) is 16.4. The van der Waals surface area contributed by atoms with E-state index in [4.69, 9.17) is 14.9 Å². The molecule has 0 bridgehead atoms. The molecule has 1 aromatic carbocycles.